The zero-order chi connectivity index (χ0) is 20.6. The Hall–Kier alpha value is -1.91. The molecule has 0 aliphatic rings. The molecule has 4 N–H and O–H groups in total. The third-order valence-corrected chi connectivity index (χ3v) is 3.62. The molecule has 160 valence electrons. The fraction of sp³-hybridized carbons (Fsp3) is 0.579. The predicted molar refractivity (Wildman–Crippen MR) is 123 cm³/mol. The van der Waals surface area contributed by atoms with Gasteiger partial charge >= 0.3 is 6.09 Å². The lowest BCUT2D eigenvalue weighted by atomic mass is 10.1. The lowest BCUT2D eigenvalue weighted by molar-refractivity contribution is 0.0493. The van der Waals surface area contributed by atoms with Gasteiger partial charge in [-0.05, 0) is 38.8 Å². The summed E-state index contributed by atoms with van der Waals surface area (Å²) in [4.78, 5) is 16.3. The summed E-state index contributed by atoms with van der Waals surface area (Å²) >= 11 is 0. The molecule has 8 nitrogen and oxygen atoms in total. The molecule has 1 rings (SSSR count). The molecule has 0 bridgehead atoms. The van der Waals surface area contributed by atoms with Crippen LogP contribution in [-0.2, 0) is 4.74 Å². The van der Waals surface area contributed by atoms with Gasteiger partial charge in [0.2, 0.25) is 0 Å². The number of anilines is 1. The molecule has 0 heterocycles. The smallest absolute Gasteiger partial charge is 0.407 e. The predicted octanol–water partition coefficient (Wildman–Crippen LogP) is 3.60. The van der Waals surface area contributed by atoms with Crippen LogP contribution in [0.3, 0.4) is 0 Å². The summed E-state index contributed by atoms with van der Waals surface area (Å²) in [5, 5.41) is 5.84. The number of carbonyl (C=O) groups excluding carboxylic acids is 1. The molecular weight excluding hydrogens is 475 g/mol. The van der Waals surface area contributed by atoms with E-state index in [1.165, 1.54) is 0 Å². The maximum Gasteiger partial charge on any atom is 0.407 e. The summed E-state index contributed by atoms with van der Waals surface area (Å²) in [6, 6.07) is 5.14. The number of hydrogen-bond acceptors (Lipinski definition) is 5. The summed E-state index contributed by atoms with van der Waals surface area (Å²) in [5.41, 5.74) is 6.14. The van der Waals surface area contributed by atoms with E-state index in [1.54, 1.807) is 26.4 Å². The van der Waals surface area contributed by atoms with Crippen molar-refractivity contribution in [2.24, 2.45) is 16.6 Å². The van der Waals surface area contributed by atoms with Crippen LogP contribution in [0.1, 0.15) is 34.6 Å². The number of hydrogen-bond donors (Lipinski definition) is 3. The van der Waals surface area contributed by atoms with Crippen molar-refractivity contribution >= 4 is 41.7 Å². The molecule has 0 saturated carbocycles. The molecule has 1 amide bonds. The van der Waals surface area contributed by atoms with E-state index in [1.807, 2.05) is 40.7 Å². The Labute approximate surface area is 184 Å². The topological polar surface area (TPSA) is 107 Å². The Bertz CT molecular complexity index is 660. The van der Waals surface area contributed by atoms with E-state index in [0.29, 0.717) is 18.0 Å². The van der Waals surface area contributed by atoms with Crippen LogP contribution < -0.4 is 25.8 Å². The van der Waals surface area contributed by atoms with Crippen LogP contribution >= 0.6 is 24.0 Å². The van der Waals surface area contributed by atoms with Crippen molar-refractivity contribution in [2.45, 2.75) is 46.3 Å². The van der Waals surface area contributed by atoms with Gasteiger partial charge < -0.3 is 30.6 Å². The molecule has 28 heavy (non-hydrogen) atoms. The Morgan fingerprint density at radius 2 is 1.79 bits per heavy atom. The fourth-order valence-corrected chi connectivity index (χ4v) is 2.18. The highest BCUT2D eigenvalue weighted by molar-refractivity contribution is 14.0. The first-order chi connectivity index (χ1) is 12.6. The number of aliphatic imine (C=N–C) groups is 1. The first-order valence-corrected chi connectivity index (χ1v) is 8.84. The standard InChI is InChI=1S/C19H32N4O4.HI/c1-12(2)14(23-18(24)27-19(3,4)5)11-21-17(20)22-13-8-9-15(25-6)16(10-13)26-7;/h8-10,12,14H,11H2,1-7H3,(H,23,24)(H3,20,21,22);1H. The summed E-state index contributed by atoms with van der Waals surface area (Å²) in [6.45, 7) is 9.77. The molecule has 0 fully saturated rings. The normalized spacial score (nSPS) is 12.6. The van der Waals surface area contributed by atoms with Gasteiger partial charge in [0.25, 0.3) is 0 Å². The summed E-state index contributed by atoms with van der Waals surface area (Å²) in [7, 11) is 3.14. The number of rotatable bonds is 7. The van der Waals surface area contributed by atoms with Crippen LogP contribution in [-0.4, -0.2) is 44.5 Å². The number of methoxy groups -OCH3 is 2. The average Bonchev–Trinajstić information content (AvgIpc) is 2.56. The Kier molecular flexibility index (Phi) is 11.0. The third-order valence-electron chi connectivity index (χ3n) is 3.62. The Balaban J connectivity index is 0.00000729. The third kappa shape index (κ3) is 9.34. The van der Waals surface area contributed by atoms with E-state index >= 15 is 0 Å². The number of carbonyl (C=O) groups is 1. The second-order valence-corrected chi connectivity index (χ2v) is 7.42. The molecule has 0 saturated heterocycles. The maximum absolute atomic E-state index is 12.0. The summed E-state index contributed by atoms with van der Waals surface area (Å²) in [6.07, 6.45) is -0.470. The monoisotopic (exact) mass is 508 g/mol. The minimum atomic E-state index is -0.553. The second kappa shape index (κ2) is 11.8. The molecule has 0 aromatic heterocycles. The molecular formula is C19H33IN4O4. The van der Waals surface area contributed by atoms with Gasteiger partial charge in [0.15, 0.2) is 17.5 Å². The number of ether oxygens (including phenoxy) is 3. The van der Waals surface area contributed by atoms with Gasteiger partial charge in [-0.1, -0.05) is 13.8 Å². The number of alkyl carbamates (subject to hydrolysis) is 1. The molecule has 0 radical (unpaired) electrons. The van der Waals surface area contributed by atoms with Crippen molar-refractivity contribution in [1.29, 1.82) is 0 Å². The molecule has 1 aromatic rings. The number of halogens is 1. The van der Waals surface area contributed by atoms with Gasteiger partial charge in [-0.2, -0.15) is 0 Å². The van der Waals surface area contributed by atoms with Crippen LogP contribution in [0.5, 0.6) is 11.5 Å². The zero-order valence-corrected chi connectivity index (χ0v) is 20.0. The van der Waals surface area contributed by atoms with Crippen LogP contribution in [0.15, 0.2) is 23.2 Å². The van der Waals surface area contributed by atoms with Crippen molar-refractivity contribution in [3.63, 3.8) is 0 Å². The first-order valence-electron chi connectivity index (χ1n) is 8.84. The minimum absolute atomic E-state index is 0. The van der Waals surface area contributed by atoms with Crippen molar-refractivity contribution in [1.82, 2.24) is 5.32 Å². The lowest BCUT2D eigenvalue weighted by Gasteiger charge is -2.25. The van der Waals surface area contributed by atoms with Gasteiger partial charge in [0.1, 0.15) is 5.60 Å². The van der Waals surface area contributed by atoms with Gasteiger partial charge in [0, 0.05) is 11.8 Å². The number of nitrogens with zero attached hydrogens (tertiary/aromatic N) is 1. The number of nitrogens with one attached hydrogen (secondary N) is 2. The van der Waals surface area contributed by atoms with Crippen LogP contribution in [0.4, 0.5) is 10.5 Å². The average molecular weight is 508 g/mol. The van der Waals surface area contributed by atoms with Gasteiger partial charge in [-0.15, -0.1) is 24.0 Å². The summed E-state index contributed by atoms with van der Waals surface area (Å²) in [5.74, 6) is 1.61. The highest BCUT2D eigenvalue weighted by Gasteiger charge is 2.21. The van der Waals surface area contributed by atoms with E-state index in [0.717, 1.165) is 5.69 Å². The van der Waals surface area contributed by atoms with Gasteiger partial charge in [-0.3, -0.25) is 4.99 Å². The van der Waals surface area contributed by atoms with Crippen LogP contribution in [0.25, 0.3) is 0 Å². The van der Waals surface area contributed by atoms with E-state index in [2.05, 4.69) is 15.6 Å². The lowest BCUT2D eigenvalue weighted by Crippen LogP contribution is -2.44. The molecule has 0 aliphatic carbocycles. The van der Waals surface area contributed by atoms with Crippen molar-refractivity contribution < 1.29 is 19.0 Å². The van der Waals surface area contributed by atoms with E-state index < -0.39 is 11.7 Å². The number of benzene rings is 1. The number of nitrogens with two attached hydrogens (primary N) is 1. The molecule has 0 spiro atoms. The van der Waals surface area contributed by atoms with E-state index in [4.69, 9.17) is 19.9 Å². The Morgan fingerprint density at radius 3 is 2.29 bits per heavy atom. The molecule has 1 aromatic carbocycles. The fourth-order valence-electron chi connectivity index (χ4n) is 2.18. The number of amides is 1. The molecule has 9 heteroatoms. The first kappa shape index (κ1) is 26.1. The molecule has 0 aliphatic heterocycles. The highest BCUT2D eigenvalue weighted by Crippen LogP contribution is 2.29. The van der Waals surface area contributed by atoms with Crippen molar-refractivity contribution in [2.75, 3.05) is 26.1 Å². The van der Waals surface area contributed by atoms with Gasteiger partial charge in [0.05, 0.1) is 26.8 Å². The largest absolute Gasteiger partial charge is 0.493 e. The van der Waals surface area contributed by atoms with Gasteiger partial charge in [-0.25, -0.2) is 4.79 Å². The molecule has 1 unspecified atom stereocenters. The van der Waals surface area contributed by atoms with Crippen LogP contribution in [0, 0.1) is 5.92 Å². The second-order valence-electron chi connectivity index (χ2n) is 7.42. The quantitative estimate of drug-likeness (QED) is 0.295. The maximum atomic E-state index is 12.0. The van der Waals surface area contributed by atoms with Crippen molar-refractivity contribution in [3.8, 4) is 11.5 Å². The highest BCUT2D eigenvalue weighted by atomic mass is 127. The molecule has 1 atom stereocenters. The Morgan fingerprint density at radius 1 is 1.18 bits per heavy atom. The minimum Gasteiger partial charge on any atom is -0.493 e. The van der Waals surface area contributed by atoms with Crippen molar-refractivity contribution in [3.05, 3.63) is 18.2 Å². The number of guanidine groups is 1. The van der Waals surface area contributed by atoms with Crippen LogP contribution in [0.2, 0.25) is 0 Å². The van der Waals surface area contributed by atoms with E-state index in [9.17, 15) is 4.79 Å². The van der Waals surface area contributed by atoms with E-state index in [-0.39, 0.29) is 41.9 Å². The summed E-state index contributed by atoms with van der Waals surface area (Å²) < 4.78 is 15.8. The zero-order valence-electron chi connectivity index (χ0n) is 17.7. The SMILES string of the molecule is COc1ccc(NC(N)=NCC(NC(=O)OC(C)(C)C)C(C)C)cc1OC.I.